The van der Waals surface area contributed by atoms with Crippen LogP contribution in [0, 0.1) is 5.41 Å². The standard InChI is InChI=1S/C30H38N2O3/c1-29(2)27-17-24-25(5-4-6-26(24)34)30(29,3)13-14-31(27)28(35)20-9-7-19(8-10-20)18-32-21-11-12-22(32)16-23(33)15-21/h4-10,21-23,27,33-34H,11-18H2,1-3H3/t21-,22+,23?,27-,30+/m1/s1. The number of likely N-dealkylation sites (tertiary alicyclic amines) is 1. The number of amides is 1. The molecule has 2 aromatic carbocycles. The number of phenolic OH excluding ortho intramolecular Hbond substituents is 1. The molecule has 186 valence electrons. The number of aliphatic hydroxyl groups is 1. The zero-order chi connectivity index (χ0) is 24.5. The fourth-order valence-corrected chi connectivity index (χ4v) is 7.80. The van der Waals surface area contributed by atoms with Gasteiger partial charge in [0.2, 0.25) is 0 Å². The predicted octanol–water partition coefficient (Wildman–Crippen LogP) is 4.63. The Kier molecular flexibility index (Phi) is 5.32. The number of carbonyl (C=O) groups excluding carboxylic acids is 1. The van der Waals surface area contributed by atoms with Crippen LogP contribution in [0.15, 0.2) is 42.5 Å². The van der Waals surface area contributed by atoms with Crippen LogP contribution >= 0.6 is 0 Å². The van der Waals surface area contributed by atoms with Crippen molar-refractivity contribution in [3.05, 3.63) is 64.7 Å². The summed E-state index contributed by atoms with van der Waals surface area (Å²) in [5.41, 5.74) is 4.06. The Balaban J connectivity index is 1.22. The number of fused-ring (bicyclic) bond motifs is 6. The van der Waals surface area contributed by atoms with Crippen LogP contribution in [0.5, 0.6) is 5.75 Å². The molecular weight excluding hydrogens is 436 g/mol. The zero-order valence-electron chi connectivity index (χ0n) is 21.2. The predicted molar refractivity (Wildman–Crippen MR) is 136 cm³/mol. The summed E-state index contributed by atoms with van der Waals surface area (Å²) in [5, 5.41) is 20.7. The van der Waals surface area contributed by atoms with E-state index in [0.717, 1.165) is 43.5 Å². The van der Waals surface area contributed by atoms with E-state index in [-0.39, 0.29) is 28.9 Å². The molecule has 2 N–H and O–H groups in total. The zero-order valence-corrected chi connectivity index (χ0v) is 21.2. The first-order chi connectivity index (χ1) is 16.7. The van der Waals surface area contributed by atoms with E-state index in [1.54, 1.807) is 6.07 Å². The van der Waals surface area contributed by atoms with Crippen LogP contribution in [-0.4, -0.2) is 56.7 Å². The molecule has 6 rings (SSSR count). The normalized spacial score (nSPS) is 33.4. The van der Waals surface area contributed by atoms with E-state index in [0.29, 0.717) is 24.3 Å². The van der Waals surface area contributed by atoms with E-state index < -0.39 is 0 Å². The molecule has 1 aliphatic carbocycles. The van der Waals surface area contributed by atoms with Crippen molar-refractivity contribution < 1.29 is 15.0 Å². The van der Waals surface area contributed by atoms with E-state index in [4.69, 9.17) is 0 Å². The van der Waals surface area contributed by atoms with Crippen LogP contribution < -0.4 is 0 Å². The molecule has 0 aromatic heterocycles. The van der Waals surface area contributed by atoms with Crippen molar-refractivity contribution >= 4 is 5.91 Å². The maximum Gasteiger partial charge on any atom is 0.254 e. The third-order valence-corrected chi connectivity index (χ3v) is 10.3. The van der Waals surface area contributed by atoms with Gasteiger partial charge in [-0.25, -0.2) is 0 Å². The van der Waals surface area contributed by atoms with Crippen molar-refractivity contribution in [1.29, 1.82) is 0 Å². The molecule has 3 saturated heterocycles. The first kappa shape index (κ1) is 23.1. The van der Waals surface area contributed by atoms with Gasteiger partial charge in [-0.05, 0) is 78.8 Å². The molecule has 1 unspecified atom stereocenters. The molecule has 35 heavy (non-hydrogen) atoms. The van der Waals surface area contributed by atoms with E-state index in [9.17, 15) is 15.0 Å². The summed E-state index contributed by atoms with van der Waals surface area (Å²) < 4.78 is 0. The maximum absolute atomic E-state index is 13.8. The minimum absolute atomic E-state index is 0.0460. The van der Waals surface area contributed by atoms with Gasteiger partial charge in [-0.3, -0.25) is 9.69 Å². The van der Waals surface area contributed by atoms with Gasteiger partial charge in [0.15, 0.2) is 0 Å². The van der Waals surface area contributed by atoms with Gasteiger partial charge in [-0.1, -0.05) is 45.0 Å². The molecule has 3 fully saturated rings. The Hall–Kier alpha value is -2.37. The van der Waals surface area contributed by atoms with Gasteiger partial charge < -0.3 is 15.1 Å². The number of phenols is 1. The first-order valence-corrected chi connectivity index (χ1v) is 13.3. The molecule has 0 saturated carbocycles. The van der Waals surface area contributed by atoms with E-state index >= 15 is 0 Å². The molecule has 2 aromatic rings. The van der Waals surface area contributed by atoms with Crippen molar-refractivity contribution in [1.82, 2.24) is 9.80 Å². The van der Waals surface area contributed by atoms with Crippen molar-refractivity contribution in [2.24, 2.45) is 5.41 Å². The van der Waals surface area contributed by atoms with Gasteiger partial charge in [-0.2, -0.15) is 0 Å². The summed E-state index contributed by atoms with van der Waals surface area (Å²) in [7, 11) is 0. The molecule has 0 radical (unpaired) electrons. The highest BCUT2D eigenvalue weighted by Crippen LogP contribution is 2.57. The van der Waals surface area contributed by atoms with Crippen LogP contribution in [0.2, 0.25) is 0 Å². The summed E-state index contributed by atoms with van der Waals surface area (Å²) >= 11 is 0. The van der Waals surface area contributed by atoms with E-state index in [2.05, 4.69) is 48.8 Å². The lowest BCUT2D eigenvalue weighted by Crippen LogP contribution is -2.64. The SMILES string of the molecule is CC1(C)[C@H]2Cc3c(O)cccc3[C@]1(C)CCN2C(=O)c1ccc(CN2[C@@H]3CC[C@H]2CC(O)C3)cc1. The summed E-state index contributed by atoms with van der Waals surface area (Å²) in [6.45, 7) is 8.51. The van der Waals surface area contributed by atoms with Crippen LogP contribution in [0.3, 0.4) is 0 Å². The Morgan fingerprint density at radius 1 is 1.03 bits per heavy atom. The summed E-state index contributed by atoms with van der Waals surface area (Å²) in [4.78, 5) is 18.4. The largest absolute Gasteiger partial charge is 0.508 e. The number of benzene rings is 2. The molecule has 4 bridgehead atoms. The highest BCUT2D eigenvalue weighted by Gasteiger charge is 2.57. The lowest BCUT2D eigenvalue weighted by molar-refractivity contribution is -0.0266. The Morgan fingerprint density at radius 2 is 1.71 bits per heavy atom. The number of piperidine rings is 2. The van der Waals surface area contributed by atoms with Crippen molar-refractivity contribution in [3.63, 3.8) is 0 Å². The number of aliphatic hydroxyl groups excluding tert-OH is 1. The lowest BCUT2D eigenvalue weighted by Gasteiger charge is -2.60. The molecular formula is C30H38N2O3. The van der Waals surface area contributed by atoms with Gasteiger partial charge in [0.1, 0.15) is 5.75 Å². The van der Waals surface area contributed by atoms with Crippen LogP contribution in [0.4, 0.5) is 0 Å². The van der Waals surface area contributed by atoms with Gasteiger partial charge in [-0.15, -0.1) is 0 Å². The summed E-state index contributed by atoms with van der Waals surface area (Å²) in [5.74, 6) is 0.448. The fraction of sp³-hybridized carbons (Fsp3) is 0.567. The second kappa shape index (κ2) is 8.07. The van der Waals surface area contributed by atoms with Crippen molar-refractivity contribution in [2.75, 3.05) is 6.54 Å². The van der Waals surface area contributed by atoms with Crippen molar-refractivity contribution in [3.8, 4) is 5.75 Å². The van der Waals surface area contributed by atoms with Gasteiger partial charge in [0, 0.05) is 42.2 Å². The van der Waals surface area contributed by atoms with E-state index in [1.165, 1.54) is 24.0 Å². The highest BCUT2D eigenvalue weighted by atomic mass is 16.3. The van der Waals surface area contributed by atoms with Crippen molar-refractivity contribution in [2.45, 2.75) is 95.5 Å². The van der Waals surface area contributed by atoms with Crippen LogP contribution in [0.25, 0.3) is 0 Å². The molecule has 1 amide bonds. The first-order valence-electron chi connectivity index (χ1n) is 13.3. The number of hydrogen-bond acceptors (Lipinski definition) is 4. The highest BCUT2D eigenvalue weighted by molar-refractivity contribution is 5.94. The fourth-order valence-electron chi connectivity index (χ4n) is 7.80. The topological polar surface area (TPSA) is 64.0 Å². The number of rotatable bonds is 3. The molecule has 4 aliphatic rings. The number of carbonyl (C=O) groups is 1. The average Bonchev–Trinajstić information content (AvgIpc) is 3.05. The Morgan fingerprint density at radius 3 is 2.40 bits per heavy atom. The third kappa shape index (κ3) is 3.46. The molecule has 3 aliphatic heterocycles. The third-order valence-electron chi connectivity index (χ3n) is 10.3. The minimum atomic E-state index is -0.145. The van der Waals surface area contributed by atoms with Crippen LogP contribution in [-0.2, 0) is 18.4 Å². The van der Waals surface area contributed by atoms with Gasteiger partial charge in [0.05, 0.1) is 6.10 Å². The quantitative estimate of drug-likeness (QED) is 0.681. The molecule has 5 heteroatoms. The van der Waals surface area contributed by atoms with Crippen LogP contribution in [0.1, 0.15) is 79.9 Å². The average molecular weight is 475 g/mol. The second-order valence-corrected chi connectivity index (χ2v) is 12.2. The molecule has 5 atom stereocenters. The van der Waals surface area contributed by atoms with Gasteiger partial charge in [0.25, 0.3) is 5.91 Å². The maximum atomic E-state index is 13.8. The second-order valence-electron chi connectivity index (χ2n) is 12.2. The Bertz CT molecular complexity index is 1130. The molecule has 5 nitrogen and oxygen atoms in total. The molecule has 3 heterocycles. The lowest BCUT2D eigenvalue weighted by atomic mass is 9.51. The van der Waals surface area contributed by atoms with E-state index in [1.807, 2.05) is 18.2 Å². The summed E-state index contributed by atoms with van der Waals surface area (Å²) in [6.07, 6.45) is 5.57. The number of nitrogens with zero attached hydrogens (tertiary/aromatic N) is 2. The summed E-state index contributed by atoms with van der Waals surface area (Å²) in [6, 6.07) is 15.1. The Labute approximate surface area is 208 Å². The van der Waals surface area contributed by atoms with Gasteiger partial charge >= 0.3 is 0 Å². The minimum Gasteiger partial charge on any atom is -0.508 e. The number of hydrogen-bond donors (Lipinski definition) is 2. The smallest absolute Gasteiger partial charge is 0.254 e. The molecule has 0 spiro atoms. The number of aromatic hydroxyl groups is 1. The monoisotopic (exact) mass is 474 g/mol.